The molecule has 178 valence electrons. The number of likely N-dealkylation sites (N-methyl/N-ethyl adjacent to an activating group) is 1. The van der Waals surface area contributed by atoms with E-state index in [4.69, 9.17) is 14.2 Å². The van der Waals surface area contributed by atoms with Gasteiger partial charge in [0.05, 0.1) is 7.11 Å². The lowest BCUT2D eigenvalue weighted by Gasteiger charge is -2.39. The maximum Gasteiger partial charge on any atom is 0.254 e. The molecule has 0 aliphatic carbocycles. The fourth-order valence-corrected chi connectivity index (χ4v) is 4.49. The molecule has 0 spiro atoms. The minimum absolute atomic E-state index is 0.0758. The van der Waals surface area contributed by atoms with Gasteiger partial charge in [-0.1, -0.05) is 12.1 Å². The van der Waals surface area contributed by atoms with Crippen LogP contribution in [0.15, 0.2) is 42.5 Å². The van der Waals surface area contributed by atoms with Gasteiger partial charge in [0.25, 0.3) is 5.91 Å². The van der Waals surface area contributed by atoms with Crippen molar-refractivity contribution >= 4 is 5.91 Å². The molecule has 2 aromatic carbocycles. The maximum atomic E-state index is 13.5. The smallest absolute Gasteiger partial charge is 0.254 e. The summed E-state index contributed by atoms with van der Waals surface area (Å²) in [5.74, 6) is 2.33. The van der Waals surface area contributed by atoms with Crippen LogP contribution in [-0.4, -0.2) is 87.4 Å². The minimum Gasteiger partial charge on any atom is -0.497 e. The Labute approximate surface area is 196 Å². The summed E-state index contributed by atoms with van der Waals surface area (Å²) in [6.45, 7) is 4.82. The molecule has 7 nitrogen and oxygen atoms in total. The van der Waals surface area contributed by atoms with Crippen LogP contribution in [0.4, 0.5) is 0 Å². The summed E-state index contributed by atoms with van der Waals surface area (Å²) < 4.78 is 16.1. The molecule has 33 heavy (non-hydrogen) atoms. The molecule has 2 aromatic rings. The molecular formula is C26H35N3O4. The van der Waals surface area contributed by atoms with Crippen LogP contribution in [0.3, 0.4) is 0 Å². The van der Waals surface area contributed by atoms with Crippen LogP contribution in [-0.2, 0) is 6.42 Å². The van der Waals surface area contributed by atoms with Crippen molar-refractivity contribution in [1.29, 1.82) is 0 Å². The molecule has 0 atom stereocenters. The van der Waals surface area contributed by atoms with E-state index in [0.717, 1.165) is 57.7 Å². The lowest BCUT2D eigenvalue weighted by molar-refractivity contribution is 0.0556. The quantitative estimate of drug-likeness (QED) is 0.582. The van der Waals surface area contributed by atoms with E-state index < -0.39 is 0 Å². The second-order valence-corrected chi connectivity index (χ2v) is 9.04. The lowest BCUT2D eigenvalue weighted by Crippen LogP contribution is -2.49. The Morgan fingerprint density at radius 1 is 1.03 bits per heavy atom. The van der Waals surface area contributed by atoms with Gasteiger partial charge in [-0.05, 0) is 69.3 Å². The normalized spacial score (nSPS) is 16.2. The van der Waals surface area contributed by atoms with Gasteiger partial charge in [0.1, 0.15) is 5.75 Å². The van der Waals surface area contributed by atoms with Crippen LogP contribution < -0.4 is 14.2 Å². The van der Waals surface area contributed by atoms with E-state index in [0.29, 0.717) is 17.1 Å². The molecule has 1 amide bonds. The zero-order chi connectivity index (χ0) is 23.2. The van der Waals surface area contributed by atoms with E-state index in [2.05, 4.69) is 26.8 Å². The van der Waals surface area contributed by atoms with Crippen molar-refractivity contribution in [2.75, 3.05) is 60.7 Å². The number of methoxy groups -OCH3 is 1. The van der Waals surface area contributed by atoms with Gasteiger partial charge in [-0.3, -0.25) is 4.79 Å². The molecule has 0 N–H and O–H groups in total. The second-order valence-electron chi connectivity index (χ2n) is 9.04. The van der Waals surface area contributed by atoms with Crippen molar-refractivity contribution in [3.05, 3.63) is 53.6 Å². The third-order valence-corrected chi connectivity index (χ3v) is 6.54. The highest BCUT2D eigenvalue weighted by Gasteiger charge is 2.29. The fourth-order valence-electron chi connectivity index (χ4n) is 4.49. The van der Waals surface area contributed by atoms with Gasteiger partial charge in [0.2, 0.25) is 6.79 Å². The van der Waals surface area contributed by atoms with Gasteiger partial charge in [0, 0.05) is 44.3 Å². The van der Waals surface area contributed by atoms with Gasteiger partial charge in [-0.2, -0.15) is 0 Å². The predicted molar refractivity (Wildman–Crippen MR) is 128 cm³/mol. The van der Waals surface area contributed by atoms with Crippen molar-refractivity contribution in [2.45, 2.75) is 25.3 Å². The number of fused-ring (bicyclic) bond motifs is 1. The predicted octanol–water partition coefficient (Wildman–Crippen LogP) is 3.13. The van der Waals surface area contributed by atoms with Gasteiger partial charge in [0.15, 0.2) is 11.5 Å². The molecule has 2 heterocycles. The van der Waals surface area contributed by atoms with E-state index in [-0.39, 0.29) is 18.7 Å². The fraction of sp³-hybridized carbons (Fsp3) is 0.500. The number of carbonyl (C=O) groups excluding carboxylic acids is 1. The lowest BCUT2D eigenvalue weighted by atomic mass is 10.0. The molecule has 1 saturated heterocycles. The number of piperidine rings is 1. The van der Waals surface area contributed by atoms with Crippen LogP contribution in [0.1, 0.15) is 28.8 Å². The largest absolute Gasteiger partial charge is 0.497 e. The second kappa shape index (κ2) is 10.9. The van der Waals surface area contributed by atoms with Crippen LogP contribution >= 0.6 is 0 Å². The molecule has 2 aliphatic heterocycles. The topological polar surface area (TPSA) is 54.5 Å². The summed E-state index contributed by atoms with van der Waals surface area (Å²) in [6.07, 6.45) is 3.01. The highest BCUT2D eigenvalue weighted by molar-refractivity contribution is 5.95. The van der Waals surface area contributed by atoms with Crippen LogP contribution in [0.2, 0.25) is 0 Å². The molecule has 0 radical (unpaired) electrons. The van der Waals surface area contributed by atoms with Gasteiger partial charge < -0.3 is 28.9 Å². The molecule has 0 unspecified atom stereocenters. The molecule has 1 fully saturated rings. The Kier molecular flexibility index (Phi) is 7.73. The number of amides is 1. The standard InChI is InChI=1S/C26H35N3O4/c1-27(2)16-17-29(26(30)21-6-9-24-25(18-21)33-19-32-24)22-11-14-28(15-12-22)13-10-20-4-7-23(31-3)8-5-20/h4-9,18,22H,10-17,19H2,1-3H3. The first-order chi connectivity index (χ1) is 16.0. The van der Waals surface area contributed by atoms with Gasteiger partial charge in [-0.15, -0.1) is 0 Å². The summed E-state index contributed by atoms with van der Waals surface area (Å²) >= 11 is 0. The number of nitrogens with zero attached hydrogens (tertiary/aromatic N) is 3. The number of hydrogen-bond acceptors (Lipinski definition) is 6. The number of benzene rings is 2. The first-order valence-corrected chi connectivity index (χ1v) is 11.7. The summed E-state index contributed by atoms with van der Waals surface area (Å²) in [5.41, 5.74) is 1.99. The molecule has 0 saturated carbocycles. The Bertz CT molecular complexity index is 924. The zero-order valence-corrected chi connectivity index (χ0v) is 20.0. The Balaban J connectivity index is 1.35. The van der Waals surface area contributed by atoms with Crippen LogP contribution in [0.5, 0.6) is 17.2 Å². The third-order valence-electron chi connectivity index (χ3n) is 6.54. The summed E-state index contributed by atoms with van der Waals surface area (Å²) in [6, 6.07) is 14.1. The first kappa shape index (κ1) is 23.4. The van der Waals surface area contributed by atoms with E-state index in [1.165, 1.54) is 5.56 Å². The average molecular weight is 454 g/mol. The van der Waals surface area contributed by atoms with Crippen molar-refractivity contribution in [3.63, 3.8) is 0 Å². The average Bonchev–Trinajstić information content (AvgIpc) is 3.31. The number of likely N-dealkylation sites (tertiary alicyclic amines) is 1. The molecule has 0 aromatic heterocycles. The Morgan fingerprint density at radius 2 is 1.76 bits per heavy atom. The monoisotopic (exact) mass is 453 g/mol. The zero-order valence-electron chi connectivity index (χ0n) is 20.0. The molecule has 0 bridgehead atoms. The molecule has 7 heteroatoms. The molecule has 4 rings (SSSR count). The molecular weight excluding hydrogens is 418 g/mol. The highest BCUT2D eigenvalue weighted by Crippen LogP contribution is 2.33. The first-order valence-electron chi connectivity index (χ1n) is 11.7. The van der Waals surface area contributed by atoms with Gasteiger partial charge in [-0.25, -0.2) is 0 Å². The van der Waals surface area contributed by atoms with Crippen molar-refractivity contribution in [2.24, 2.45) is 0 Å². The Hall–Kier alpha value is -2.77. The van der Waals surface area contributed by atoms with E-state index in [1.54, 1.807) is 7.11 Å². The summed E-state index contributed by atoms with van der Waals surface area (Å²) in [5, 5.41) is 0. The number of hydrogen-bond donors (Lipinski definition) is 0. The maximum absolute atomic E-state index is 13.5. The van der Waals surface area contributed by atoms with E-state index in [1.807, 2.05) is 44.4 Å². The van der Waals surface area contributed by atoms with Crippen LogP contribution in [0.25, 0.3) is 0 Å². The number of carbonyl (C=O) groups is 1. The van der Waals surface area contributed by atoms with Crippen LogP contribution in [0, 0.1) is 0 Å². The molecule has 2 aliphatic rings. The number of rotatable bonds is 9. The summed E-state index contributed by atoms with van der Waals surface area (Å²) in [7, 11) is 5.79. The van der Waals surface area contributed by atoms with Crippen molar-refractivity contribution < 1.29 is 19.0 Å². The summed E-state index contributed by atoms with van der Waals surface area (Å²) in [4.78, 5) is 20.2. The van der Waals surface area contributed by atoms with Crippen molar-refractivity contribution in [3.8, 4) is 17.2 Å². The van der Waals surface area contributed by atoms with Gasteiger partial charge >= 0.3 is 0 Å². The van der Waals surface area contributed by atoms with E-state index >= 15 is 0 Å². The minimum atomic E-state index is 0.0758. The SMILES string of the molecule is COc1ccc(CCN2CCC(N(CCN(C)C)C(=O)c3ccc4c(c3)OCO4)CC2)cc1. The van der Waals surface area contributed by atoms with E-state index in [9.17, 15) is 4.79 Å². The van der Waals surface area contributed by atoms with Crippen molar-refractivity contribution in [1.82, 2.24) is 14.7 Å². The highest BCUT2D eigenvalue weighted by atomic mass is 16.7. The third kappa shape index (κ3) is 5.97. The number of ether oxygens (including phenoxy) is 3. The Morgan fingerprint density at radius 3 is 2.45 bits per heavy atom.